The van der Waals surface area contributed by atoms with Crippen LogP contribution in [0, 0.1) is 0 Å². The minimum absolute atomic E-state index is 0.0399. The van der Waals surface area contributed by atoms with Gasteiger partial charge in [0.2, 0.25) is 11.8 Å². The summed E-state index contributed by atoms with van der Waals surface area (Å²) in [4.78, 5) is 27.0. The van der Waals surface area contributed by atoms with Crippen molar-refractivity contribution in [2.45, 2.75) is 32.7 Å². The molecule has 0 fully saturated rings. The average Bonchev–Trinajstić information content (AvgIpc) is 2.75. The molecule has 0 unspecified atom stereocenters. The summed E-state index contributed by atoms with van der Waals surface area (Å²) in [6.07, 6.45) is 2.73. The molecule has 1 heterocycles. The Labute approximate surface area is 194 Å². The van der Waals surface area contributed by atoms with Gasteiger partial charge in [-0.2, -0.15) is 0 Å². The molecular formula is C24H30ClN3O4. The molecule has 2 N–H and O–H groups in total. The van der Waals surface area contributed by atoms with Gasteiger partial charge in [0.05, 0.1) is 26.3 Å². The van der Waals surface area contributed by atoms with Crippen molar-refractivity contribution in [1.29, 1.82) is 0 Å². The van der Waals surface area contributed by atoms with Crippen molar-refractivity contribution in [3.8, 4) is 11.5 Å². The van der Waals surface area contributed by atoms with Crippen LogP contribution in [0.1, 0.15) is 31.7 Å². The van der Waals surface area contributed by atoms with Gasteiger partial charge in [-0.3, -0.25) is 14.5 Å². The summed E-state index contributed by atoms with van der Waals surface area (Å²) in [5.74, 6) is 1.01. The molecule has 3 rings (SSSR count). The molecule has 0 spiro atoms. The zero-order chi connectivity index (χ0) is 22.8. The Morgan fingerprint density at radius 1 is 1.19 bits per heavy atom. The number of nitrogens with one attached hydrogen (secondary N) is 2. The minimum Gasteiger partial charge on any atom is -0.490 e. The summed E-state index contributed by atoms with van der Waals surface area (Å²) in [6.45, 7) is 4.13. The van der Waals surface area contributed by atoms with E-state index in [0.717, 1.165) is 24.8 Å². The maximum Gasteiger partial charge on any atom is 0.238 e. The van der Waals surface area contributed by atoms with Crippen LogP contribution in [0.2, 0.25) is 5.02 Å². The standard InChI is InChI=1S/C24H30ClN3O4/c1-2-31-21-11-6-8-18-15-28(17-23(30)27-20-10-7-9-19(25)14-20)16-22(29)26-12-4-3-5-13-32-24(18)21/h6-11,14H,2-5,12-13,15-17H2,1H3,(H,26,29)(H,27,30). The van der Waals surface area contributed by atoms with E-state index in [4.69, 9.17) is 21.1 Å². The Bertz CT molecular complexity index is 922. The first kappa shape index (κ1) is 23.9. The second-order valence-corrected chi connectivity index (χ2v) is 8.08. The number of carbonyl (C=O) groups is 2. The number of ether oxygens (including phenoxy) is 2. The topological polar surface area (TPSA) is 79.9 Å². The smallest absolute Gasteiger partial charge is 0.238 e. The van der Waals surface area contributed by atoms with Gasteiger partial charge >= 0.3 is 0 Å². The number of anilines is 1. The predicted molar refractivity (Wildman–Crippen MR) is 125 cm³/mol. The van der Waals surface area contributed by atoms with E-state index in [1.54, 1.807) is 29.2 Å². The van der Waals surface area contributed by atoms with Gasteiger partial charge in [-0.25, -0.2) is 0 Å². The third-order valence-electron chi connectivity index (χ3n) is 4.99. The van der Waals surface area contributed by atoms with Crippen molar-refractivity contribution in [2.24, 2.45) is 0 Å². The lowest BCUT2D eigenvalue weighted by Crippen LogP contribution is -2.41. The fourth-order valence-electron chi connectivity index (χ4n) is 3.56. The zero-order valence-electron chi connectivity index (χ0n) is 18.4. The molecule has 2 aromatic rings. The first-order chi connectivity index (χ1) is 15.5. The molecule has 1 aliphatic heterocycles. The Morgan fingerprint density at radius 2 is 2.03 bits per heavy atom. The number of para-hydroxylation sites is 1. The van der Waals surface area contributed by atoms with Crippen molar-refractivity contribution in [3.63, 3.8) is 0 Å². The minimum atomic E-state index is -0.229. The fraction of sp³-hybridized carbons (Fsp3) is 0.417. The van der Waals surface area contributed by atoms with E-state index >= 15 is 0 Å². The van der Waals surface area contributed by atoms with Crippen LogP contribution in [0.15, 0.2) is 42.5 Å². The fourth-order valence-corrected chi connectivity index (χ4v) is 3.75. The summed E-state index contributed by atoms with van der Waals surface area (Å²) in [7, 11) is 0. The number of carbonyl (C=O) groups excluding carboxylic acids is 2. The van der Waals surface area contributed by atoms with Gasteiger partial charge in [0, 0.05) is 29.4 Å². The van der Waals surface area contributed by atoms with Gasteiger partial charge in [-0.15, -0.1) is 0 Å². The van der Waals surface area contributed by atoms with Crippen molar-refractivity contribution in [1.82, 2.24) is 10.2 Å². The highest BCUT2D eigenvalue weighted by Gasteiger charge is 2.20. The van der Waals surface area contributed by atoms with E-state index in [1.165, 1.54) is 0 Å². The van der Waals surface area contributed by atoms with Crippen molar-refractivity contribution < 1.29 is 19.1 Å². The number of rotatable bonds is 5. The van der Waals surface area contributed by atoms with E-state index in [1.807, 2.05) is 25.1 Å². The third kappa shape index (κ3) is 7.43. The first-order valence-electron chi connectivity index (χ1n) is 11.0. The number of hydrogen-bond acceptors (Lipinski definition) is 5. The van der Waals surface area contributed by atoms with Crippen LogP contribution in [-0.2, 0) is 16.1 Å². The molecule has 0 aliphatic carbocycles. The summed E-state index contributed by atoms with van der Waals surface area (Å²) < 4.78 is 11.9. The Balaban J connectivity index is 1.80. The lowest BCUT2D eigenvalue weighted by Gasteiger charge is -2.23. The Morgan fingerprint density at radius 3 is 2.84 bits per heavy atom. The predicted octanol–water partition coefficient (Wildman–Crippen LogP) is 3.86. The molecule has 0 atom stereocenters. The van der Waals surface area contributed by atoms with Gasteiger partial charge in [-0.05, 0) is 50.5 Å². The van der Waals surface area contributed by atoms with Crippen LogP contribution in [0.25, 0.3) is 0 Å². The van der Waals surface area contributed by atoms with Gasteiger partial charge in [0.15, 0.2) is 11.5 Å². The number of nitrogens with zero attached hydrogens (tertiary/aromatic N) is 1. The van der Waals surface area contributed by atoms with Crippen LogP contribution in [-0.4, -0.2) is 49.6 Å². The molecule has 172 valence electrons. The molecule has 8 heteroatoms. The SMILES string of the molecule is CCOc1cccc2c1OCCCCCNC(=O)CN(CC(=O)Nc1cccc(Cl)c1)C2. The molecule has 0 aromatic heterocycles. The number of fused-ring (bicyclic) bond motifs is 1. The highest BCUT2D eigenvalue weighted by molar-refractivity contribution is 6.30. The number of benzene rings is 2. The molecule has 2 amide bonds. The van der Waals surface area contributed by atoms with Gasteiger partial charge in [-0.1, -0.05) is 29.8 Å². The summed E-state index contributed by atoms with van der Waals surface area (Å²) in [5, 5.41) is 6.33. The zero-order valence-corrected chi connectivity index (χ0v) is 19.1. The lowest BCUT2D eigenvalue weighted by molar-refractivity contribution is -0.123. The number of amides is 2. The largest absolute Gasteiger partial charge is 0.490 e. The number of hydrogen-bond donors (Lipinski definition) is 2. The molecule has 0 radical (unpaired) electrons. The highest BCUT2D eigenvalue weighted by Crippen LogP contribution is 2.32. The average molecular weight is 460 g/mol. The molecule has 2 aromatic carbocycles. The van der Waals surface area contributed by atoms with Gasteiger partial charge < -0.3 is 20.1 Å². The van der Waals surface area contributed by atoms with E-state index in [9.17, 15) is 9.59 Å². The second-order valence-electron chi connectivity index (χ2n) is 7.64. The van der Waals surface area contributed by atoms with Crippen LogP contribution in [0.4, 0.5) is 5.69 Å². The van der Waals surface area contributed by atoms with Crippen molar-refractivity contribution in [3.05, 3.63) is 53.1 Å². The molecule has 7 nitrogen and oxygen atoms in total. The van der Waals surface area contributed by atoms with Crippen molar-refractivity contribution >= 4 is 29.1 Å². The van der Waals surface area contributed by atoms with Gasteiger partial charge in [0.25, 0.3) is 0 Å². The monoisotopic (exact) mass is 459 g/mol. The normalized spacial score (nSPS) is 15.8. The second kappa shape index (κ2) is 12.3. The van der Waals surface area contributed by atoms with Crippen LogP contribution in [0.3, 0.4) is 0 Å². The number of halogens is 1. The van der Waals surface area contributed by atoms with Crippen LogP contribution >= 0.6 is 11.6 Å². The molecular weight excluding hydrogens is 430 g/mol. The van der Waals surface area contributed by atoms with Crippen LogP contribution in [0.5, 0.6) is 11.5 Å². The van der Waals surface area contributed by atoms with Gasteiger partial charge in [0.1, 0.15) is 0 Å². The maximum absolute atomic E-state index is 12.7. The molecule has 0 saturated heterocycles. The molecule has 32 heavy (non-hydrogen) atoms. The molecule has 1 aliphatic rings. The summed E-state index contributed by atoms with van der Waals surface area (Å²) in [6, 6.07) is 12.7. The highest BCUT2D eigenvalue weighted by atomic mass is 35.5. The van der Waals surface area contributed by atoms with Crippen molar-refractivity contribution in [2.75, 3.05) is 38.2 Å². The van der Waals surface area contributed by atoms with E-state index < -0.39 is 0 Å². The summed E-state index contributed by atoms with van der Waals surface area (Å²) in [5.41, 5.74) is 1.48. The van der Waals surface area contributed by atoms with E-state index in [2.05, 4.69) is 10.6 Å². The van der Waals surface area contributed by atoms with Crippen LogP contribution < -0.4 is 20.1 Å². The maximum atomic E-state index is 12.7. The quantitative estimate of drug-likeness (QED) is 0.709. The first-order valence-corrected chi connectivity index (χ1v) is 11.3. The summed E-state index contributed by atoms with van der Waals surface area (Å²) >= 11 is 6.01. The van der Waals surface area contributed by atoms with E-state index in [-0.39, 0.29) is 24.9 Å². The molecule has 0 bridgehead atoms. The molecule has 0 saturated carbocycles. The third-order valence-corrected chi connectivity index (χ3v) is 5.22. The van der Waals surface area contributed by atoms with E-state index in [0.29, 0.717) is 48.5 Å². The Hall–Kier alpha value is -2.77. The lowest BCUT2D eigenvalue weighted by atomic mass is 10.1. The Kier molecular flexibility index (Phi) is 9.19.